The molecule has 3 aromatic heterocycles. The summed E-state index contributed by atoms with van der Waals surface area (Å²) in [6.07, 6.45) is 3.54. The molecule has 1 aromatic carbocycles. The van der Waals surface area contributed by atoms with Gasteiger partial charge in [-0.3, -0.25) is 4.79 Å². The summed E-state index contributed by atoms with van der Waals surface area (Å²) in [4.78, 5) is 17.9. The maximum absolute atomic E-state index is 12.4. The Morgan fingerprint density at radius 3 is 2.96 bits per heavy atom. The first kappa shape index (κ1) is 17.8. The van der Waals surface area contributed by atoms with Crippen LogP contribution in [-0.2, 0) is 4.79 Å². The molecule has 136 valence electrons. The van der Waals surface area contributed by atoms with Crippen molar-refractivity contribution in [2.24, 2.45) is 0 Å². The molecule has 0 aliphatic carbocycles. The van der Waals surface area contributed by atoms with E-state index >= 15 is 0 Å². The summed E-state index contributed by atoms with van der Waals surface area (Å²) in [6, 6.07) is 12.0. The highest BCUT2D eigenvalue weighted by molar-refractivity contribution is 8.00. The van der Waals surface area contributed by atoms with Crippen LogP contribution >= 0.6 is 23.1 Å². The topological polar surface area (TPSA) is 59.3 Å². The number of anilines is 1. The molecule has 1 amide bonds. The van der Waals surface area contributed by atoms with E-state index in [1.54, 1.807) is 17.5 Å². The van der Waals surface area contributed by atoms with Crippen molar-refractivity contribution in [3.63, 3.8) is 0 Å². The van der Waals surface area contributed by atoms with Crippen molar-refractivity contribution < 1.29 is 4.79 Å². The number of hydrogen-bond acceptors (Lipinski definition) is 5. The minimum atomic E-state index is -0.0458. The number of thioether (sulfide) groups is 1. The fourth-order valence-corrected chi connectivity index (χ4v) is 4.22. The third kappa shape index (κ3) is 3.74. The molecular weight excluding hydrogens is 376 g/mol. The number of benzene rings is 1. The fourth-order valence-electron chi connectivity index (χ4n) is 2.76. The number of nitrogens with one attached hydrogen (secondary N) is 1. The van der Waals surface area contributed by atoms with Crippen molar-refractivity contribution >= 4 is 40.2 Å². The molecule has 7 heteroatoms. The molecule has 3 heterocycles. The van der Waals surface area contributed by atoms with E-state index in [1.807, 2.05) is 66.3 Å². The minimum Gasteiger partial charge on any atom is -0.325 e. The second-order valence-electron chi connectivity index (χ2n) is 6.15. The van der Waals surface area contributed by atoms with Gasteiger partial charge in [0.25, 0.3) is 0 Å². The lowest BCUT2D eigenvalue weighted by atomic mass is 10.1. The molecule has 0 unspecified atom stereocenters. The van der Waals surface area contributed by atoms with Crippen molar-refractivity contribution in [2.75, 3.05) is 11.1 Å². The fraction of sp³-hybridized carbons (Fsp3) is 0.150. The molecule has 4 aromatic rings. The van der Waals surface area contributed by atoms with Gasteiger partial charge in [-0.15, -0.1) is 11.3 Å². The highest BCUT2D eigenvalue weighted by Gasteiger charge is 2.12. The van der Waals surface area contributed by atoms with Gasteiger partial charge in [0.05, 0.1) is 16.1 Å². The number of carbonyl (C=O) groups excluding carboxylic acids is 1. The molecule has 1 N–H and O–H groups in total. The summed E-state index contributed by atoms with van der Waals surface area (Å²) < 4.78 is 1.81. The van der Waals surface area contributed by atoms with E-state index < -0.39 is 0 Å². The molecule has 0 saturated heterocycles. The number of rotatable bonds is 5. The zero-order valence-electron chi connectivity index (χ0n) is 15.0. The van der Waals surface area contributed by atoms with Crippen LogP contribution in [0.3, 0.4) is 0 Å². The number of amides is 1. The number of carbonyl (C=O) groups is 1. The van der Waals surface area contributed by atoms with Crippen molar-refractivity contribution in [1.29, 1.82) is 0 Å². The van der Waals surface area contributed by atoms with E-state index in [9.17, 15) is 4.79 Å². The van der Waals surface area contributed by atoms with Crippen LogP contribution < -0.4 is 5.32 Å². The van der Waals surface area contributed by atoms with Crippen LogP contribution in [0.1, 0.15) is 11.1 Å². The summed E-state index contributed by atoms with van der Waals surface area (Å²) in [6.45, 7) is 4.05. The smallest absolute Gasteiger partial charge is 0.234 e. The normalized spacial score (nSPS) is 11.0. The van der Waals surface area contributed by atoms with Crippen LogP contribution in [0.2, 0.25) is 0 Å². The summed E-state index contributed by atoms with van der Waals surface area (Å²) >= 11 is 3.07. The van der Waals surface area contributed by atoms with Gasteiger partial charge in [-0.1, -0.05) is 30.0 Å². The predicted octanol–water partition coefficient (Wildman–Crippen LogP) is 4.81. The van der Waals surface area contributed by atoms with Gasteiger partial charge in [0.2, 0.25) is 5.91 Å². The van der Waals surface area contributed by atoms with Gasteiger partial charge in [-0.05, 0) is 48.6 Å². The number of aryl methyl sites for hydroxylation is 1. The maximum atomic E-state index is 12.4. The average molecular weight is 395 g/mol. The lowest BCUT2D eigenvalue weighted by Crippen LogP contribution is -2.15. The van der Waals surface area contributed by atoms with Gasteiger partial charge in [-0.2, -0.15) is 5.10 Å². The number of fused-ring (bicyclic) bond motifs is 1. The first-order valence-electron chi connectivity index (χ1n) is 8.49. The van der Waals surface area contributed by atoms with E-state index in [0.717, 1.165) is 37.9 Å². The molecule has 27 heavy (non-hydrogen) atoms. The zero-order chi connectivity index (χ0) is 18.8. The summed E-state index contributed by atoms with van der Waals surface area (Å²) in [5.41, 5.74) is 4.93. The summed E-state index contributed by atoms with van der Waals surface area (Å²) in [7, 11) is 0. The van der Waals surface area contributed by atoms with E-state index in [4.69, 9.17) is 0 Å². The van der Waals surface area contributed by atoms with E-state index in [0.29, 0.717) is 5.75 Å². The molecule has 0 saturated carbocycles. The molecule has 0 bridgehead atoms. The third-order valence-corrected chi connectivity index (χ3v) is 6.23. The van der Waals surface area contributed by atoms with Gasteiger partial charge in [-0.25, -0.2) is 9.50 Å². The lowest BCUT2D eigenvalue weighted by Gasteiger charge is -2.10. The molecule has 0 aliphatic rings. The number of thiophene rings is 1. The Kier molecular flexibility index (Phi) is 4.96. The van der Waals surface area contributed by atoms with Crippen molar-refractivity contribution in [2.45, 2.75) is 18.9 Å². The van der Waals surface area contributed by atoms with E-state index in [2.05, 4.69) is 15.4 Å². The van der Waals surface area contributed by atoms with Gasteiger partial charge in [0.15, 0.2) is 0 Å². The van der Waals surface area contributed by atoms with Gasteiger partial charge < -0.3 is 5.32 Å². The summed E-state index contributed by atoms with van der Waals surface area (Å²) in [5, 5.41) is 10.4. The second-order valence-corrected chi connectivity index (χ2v) is 8.07. The Hall–Kier alpha value is -2.64. The van der Waals surface area contributed by atoms with Crippen LogP contribution in [0.4, 0.5) is 5.69 Å². The molecule has 4 rings (SSSR count). The monoisotopic (exact) mass is 394 g/mol. The van der Waals surface area contributed by atoms with E-state index in [-0.39, 0.29) is 5.91 Å². The van der Waals surface area contributed by atoms with Crippen molar-refractivity contribution in [1.82, 2.24) is 14.6 Å². The minimum absolute atomic E-state index is 0.0458. The quantitative estimate of drug-likeness (QED) is 0.494. The van der Waals surface area contributed by atoms with Crippen LogP contribution in [0.25, 0.3) is 16.1 Å². The average Bonchev–Trinajstić information content (AvgIpc) is 3.33. The Balaban J connectivity index is 1.50. The third-order valence-electron chi connectivity index (χ3n) is 4.35. The number of hydrogen-bond donors (Lipinski definition) is 1. The van der Waals surface area contributed by atoms with Crippen LogP contribution in [0.15, 0.2) is 59.2 Å². The SMILES string of the molecule is Cc1cccc(NC(=O)CSc2nccn3nc(-c4cccs4)cc23)c1C. The standard InChI is InChI=1S/C20H18N4OS2/c1-13-5-3-6-15(14(13)2)22-19(25)12-27-20-17-11-16(18-7-4-10-26-18)23-24(17)9-8-21-20/h3-11H,12H2,1-2H3,(H,22,25). The second kappa shape index (κ2) is 7.54. The lowest BCUT2D eigenvalue weighted by molar-refractivity contribution is -0.113. The Bertz CT molecular complexity index is 1100. The molecule has 0 spiro atoms. The summed E-state index contributed by atoms with van der Waals surface area (Å²) in [5.74, 6) is 0.245. The van der Waals surface area contributed by atoms with Crippen LogP contribution in [0, 0.1) is 13.8 Å². The molecule has 0 aliphatic heterocycles. The first-order valence-corrected chi connectivity index (χ1v) is 10.4. The molecule has 0 atom stereocenters. The largest absolute Gasteiger partial charge is 0.325 e. The van der Waals surface area contributed by atoms with E-state index in [1.165, 1.54) is 11.8 Å². The first-order chi connectivity index (χ1) is 13.1. The van der Waals surface area contributed by atoms with Crippen molar-refractivity contribution in [3.8, 4) is 10.6 Å². The van der Waals surface area contributed by atoms with Gasteiger partial charge in [0, 0.05) is 18.1 Å². The van der Waals surface area contributed by atoms with Gasteiger partial charge in [0.1, 0.15) is 10.7 Å². The van der Waals surface area contributed by atoms with Crippen LogP contribution in [0.5, 0.6) is 0 Å². The number of aromatic nitrogens is 3. The Labute approximate surface area is 165 Å². The maximum Gasteiger partial charge on any atom is 0.234 e. The zero-order valence-corrected chi connectivity index (χ0v) is 16.6. The Morgan fingerprint density at radius 1 is 1.26 bits per heavy atom. The molecule has 0 radical (unpaired) electrons. The van der Waals surface area contributed by atoms with Crippen LogP contribution in [-0.4, -0.2) is 26.3 Å². The highest BCUT2D eigenvalue weighted by Crippen LogP contribution is 2.28. The van der Waals surface area contributed by atoms with Gasteiger partial charge >= 0.3 is 0 Å². The Morgan fingerprint density at radius 2 is 2.15 bits per heavy atom. The van der Waals surface area contributed by atoms with Crippen molar-refractivity contribution in [3.05, 3.63) is 65.3 Å². The molecule has 0 fully saturated rings. The highest BCUT2D eigenvalue weighted by atomic mass is 32.2. The number of nitrogens with zero attached hydrogens (tertiary/aromatic N) is 3. The molecular formula is C20H18N4OS2. The predicted molar refractivity (Wildman–Crippen MR) is 112 cm³/mol. The molecule has 5 nitrogen and oxygen atoms in total.